The lowest BCUT2D eigenvalue weighted by atomic mass is 10.0. The Hall–Kier alpha value is -3.31. The Labute approximate surface area is 177 Å². The molecule has 0 saturated heterocycles. The summed E-state index contributed by atoms with van der Waals surface area (Å²) in [5.41, 5.74) is 10.9. The minimum atomic E-state index is -0.283. The van der Waals surface area contributed by atoms with Crippen molar-refractivity contribution in [3.05, 3.63) is 83.4 Å². The molecule has 0 aliphatic rings. The van der Waals surface area contributed by atoms with Crippen molar-refractivity contribution in [1.82, 2.24) is 0 Å². The Balaban J connectivity index is 1.78. The molecule has 3 aromatic rings. The van der Waals surface area contributed by atoms with Gasteiger partial charge in [-0.15, -0.1) is 0 Å². The molecule has 0 spiro atoms. The monoisotopic (exact) mass is 405 g/mol. The van der Waals surface area contributed by atoms with Crippen LogP contribution in [0.4, 0.5) is 0 Å². The predicted octanol–water partition coefficient (Wildman–Crippen LogP) is 4.51. The average Bonchev–Trinajstić information content (AvgIpc) is 2.78. The van der Waals surface area contributed by atoms with Crippen LogP contribution < -0.4 is 15.2 Å². The first-order valence-electron chi connectivity index (χ1n) is 9.96. The van der Waals surface area contributed by atoms with E-state index in [1.165, 1.54) is 0 Å². The van der Waals surface area contributed by atoms with E-state index in [0.717, 1.165) is 27.8 Å². The summed E-state index contributed by atoms with van der Waals surface area (Å²) in [7, 11) is 1.60. The number of methoxy groups -OCH3 is 1. The van der Waals surface area contributed by atoms with Crippen LogP contribution in [0.25, 0.3) is 11.1 Å². The molecule has 156 valence electrons. The number of hydrogen-bond donors (Lipinski definition) is 1. The van der Waals surface area contributed by atoms with Crippen molar-refractivity contribution < 1.29 is 19.0 Å². The number of hydrogen-bond acceptors (Lipinski definition) is 5. The zero-order valence-corrected chi connectivity index (χ0v) is 17.4. The van der Waals surface area contributed by atoms with Gasteiger partial charge in [-0.05, 0) is 47.4 Å². The number of carbonyl (C=O) groups excluding carboxylic acids is 1. The molecule has 0 aromatic heterocycles. The summed E-state index contributed by atoms with van der Waals surface area (Å²) in [6.07, 6.45) is 0.152. The third kappa shape index (κ3) is 5.61. The Kier molecular flexibility index (Phi) is 7.46. The number of carbonyl (C=O) groups is 1. The molecule has 5 heteroatoms. The molecule has 0 aliphatic heterocycles. The molecular formula is C25H27NO4. The molecule has 30 heavy (non-hydrogen) atoms. The fourth-order valence-electron chi connectivity index (χ4n) is 3.19. The number of rotatable bonds is 9. The average molecular weight is 405 g/mol. The summed E-state index contributed by atoms with van der Waals surface area (Å²) in [5.74, 6) is 0.997. The van der Waals surface area contributed by atoms with Crippen molar-refractivity contribution in [3.63, 3.8) is 0 Å². The van der Waals surface area contributed by atoms with Crippen LogP contribution in [0.5, 0.6) is 11.5 Å². The lowest BCUT2D eigenvalue weighted by Crippen LogP contribution is -2.09. The van der Waals surface area contributed by atoms with Crippen LogP contribution >= 0.6 is 0 Å². The van der Waals surface area contributed by atoms with Crippen molar-refractivity contribution in [3.8, 4) is 22.6 Å². The highest BCUT2D eigenvalue weighted by molar-refractivity contribution is 5.73. The van der Waals surface area contributed by atoms with Gasteiger partial charge in [0.1, 0.15) is 18.1 Å². The van der Waals surface area contributed by atoms with E-state index in [-0.39, 0.29) is 12.4 Å². The van der Waals surface area contributed by atoms with Gasteiger partial charge < -0.3 is 19.9 Å². The van der Waals surface area contributed by atoms with Crippen molar-refractivity contribution in [2.75, 3.05) is 13.7 Å². The van der Waals surface area contributed by atoms with Gasteiger partial charge >= 0.3 is 5.97 Å². The Morgan fingerprint density at radius 1 is 0.933 bits per heavy atom. The summed E-state index contributed by atoms with van der Waals surface area (Å²) in [5, 5.41) is 0. The summed E-state index contributed by atoms with van der Waals surface area (Å²) < 4.78 is 16.4. The molecule has 0 atom stereocenters. The summed E-state index contributed by atoms with van der Waals surface area (Å²) >= 11 is 0. The number of benzene rings is 3. The molecule has 0 saturated carbocycles. The Morgan fingerprint density at radius 3 is 2.30 bits per heavy atom. The fourth-order valence-corrected chi connectivity index (χ4v) is 3.19. The number of nitrogens with two attached hydrogens (primary N) is 1. The van der Waals surface area contributed by atoms with E-state index in [1.807, 2.05) is 36.4 Å². The third-order valence-corrected chi connectivity index (χ3v) is 4.73. The maximum Gasteiger partial charge on any atom is 0.310 e. The van der Waals surface area contributed by atoms with Gasteiger partial charge in [0.25, 0.3) is 0 Å². The second-order valence-electron chi connectivity index (χ2n) is 6.85. The van der Waals surface area contributed by atoms with Crippen LogP contribution in [0, 0.1) is 0 Å². The van der Waals surface area contributed by atoms with Crippen LogP contribution in [-0.4, -0.2) is 19.7 Å². The Morgan fingerprint density at radius 2 is 1.63 bits per heavy atom. The smallest absolute Gasteiger partial charge is 0.310 e. The second-order valence-corrected chi connectivity index (χ2v) is 6.85. The van der Waals surface area contributed by atoms with Crippen LogP contribution in [0.1, 0.15) is 23.6 Å². The first kappa shape index (κ1) is 21.4. The zero-order chi connectivity index (χ0) is 21.3. The highest BCUT2D eigenvalue weighted by Crippen LogP contribution is 2.27. The van der Waals surface area contributed by atoms with Gasteiger partial charge in [-0.2, -0.15) is 0 Å². The molecule has 3 aromatic carbocycles. The van der Waals surface area contributed by atoms with Crippen molar-refractivity contribution in [2.24, 2.45) is 5.73 Å². The first-order chi connectivity index (χ1) is 14.6. The molecule has 0 heterocycles. The standard InChI is InChI=1S/C25H27NO4/c1-3-29-25(27)14-22-10-11-23(28-2)15-24(22)30-17-19-7-5-9-21(13-19)20-8-4-6-18(12-20)16-26/h4-13,15H,3,14,16-17,26H2,1-2H3. The maximum absolute atomic E-state index is 11.9. The summed E-state index contributed by atoms with van der Waals surface area (Å²) in [6, 6.07) is 21.8. The van der Waals surface area contributed by atoms with E-state index >= 15 is 0 Å². The van der Waals surface area contributed by atoms with Gasteiger partial charge in [0, 0.05) is 18.2 Å². The van der Waals surface area contributed by atoms with Crippen molar-refractivity contribution in [1.29, 1.82) is 0 Å². The molecule has 0 unspecified atom stereocenters. The Bertz CT molecular complexity index is 1000. The topological polar surface area (TPSA) is 70.8 Å². The molecule has 5 nitrogen and oxygen atoms in total. The van der Waals surface area contributed by atoms with Crippen molar-refractivity contribution in [2.45, 2.75) is 26.5 Å². The van der Waals surface area contributed by atoms with Crippen LogP contribution in [-0.2, 0) is 29.1 Å². The molecule has 2 N–H and O–H groups in total. The zero-order valence-electron chi connectivity index (χ0n) is 17.4. The minimum absolute atomic E-state index is 0.152. The fraction of sp³-hybridized carbons (Fsp3) is 0.240. The summed E-state index contributed by atoms with van der Waals surface area (Å²) in [6.45, 7) is 3.02. The van der Waals surface area contributed by atoms with E-state index in [1.54, 1.807) is 20.1 Å². The number of esters is 1. The molecule has 0 bridgehead atoms. The molecule has 0 aliphatic carbocycles. The van der Waals surface area contributed by atoms with Gasteiger partial charge in [0.05, 0.1) is 20.1 Å². The maximum atomic E-state index is 11.9. The van der Waals surface area contributed by atoms with E-state index in [0.29, 0.717) is 31.3 Å². The number of ether oxygens (including phenoxy) is 3. The molecule has 0 radical (unpaired) electrons. The lowest BCUT2D eigenvalue weighted by Gasteiger charge is -2.14. The quantitative estimate of drug-likeness (QED) is 0.531. The van der Waals surface area contributed by atoms with Gasteiger partial charge in [-0.1, -0.05) is 42.5 Å². The molecular weight excluding hydrogens is 378 g/mol. The SMILES string of the molecule is CCOC(=O)Cc1ccc(OC)cc1OCc1cccc(-c2cccc(CN)c2)c1. The van der Waals surface area contributed by atoms with E-state index in [2.05, 4.69) is 24.3 Å². The molecule has 3 rings (SSSR count). The highest BCUT2D eigenvalue weighted by Gasteiger charge is 2.12. The summed E-state index contributed by atoms with van der Waals surface area (Å²) in [4.78, 5) is 11.9. The normalized spacial score (nSPS) is 10.5. The van der Waals surface area contributed by atoms with Gasteiger partial charge in [-0.25, -0.2) is 0 Å². The molecule has 0 fully saturated rings. The third-order valence-electron chi connectivity index (χ3n) is 4.73. The van der Waals surface area contributed by atoms with Crippen LogP contribution in [0.2, 0.25) is 0 Å². The first-order valence-corrected chi connectivity index (χ1v) is 9.96. The minimum Gasteiger partial charge on any atom is -0.497 e. The van der Waals surface area contributed by atoms with Crippen LogP contribution in [0.3, 0.4) is 0 Å². The molecule has 0 amide bonds. The van der Waals surface area contributed by atoms with E-state index in [4.69, 9.17) is 19.9 Å². The van der Waals surface area contributed by atoms with Gasteiger partial charge in [0.2, 0.25) is 0 Å². The van der Waals surface area contributed by atoms with E-state index < -0.39 is 0 Å². The van der Waals surface area contributed by atoms with Gasteiger partial charge in [0.15, 0.2) is 0 Å². The van der Waals surface area contributed by atoms with Crippen LogP contribution in [0.15, 0.2) is 66.7 Å². The predicted molar refractivity (Wildman–Crippen MR) is 117 cm³/mol. The van der Waals surface area contributed by atoms with Gasteiger partial charge in [-0.3, -0.25) is 4.79 Å². The van der Waals surface area contributed by atoms with Crippen molar-refractivity contribution >= 4 is 5.97 Å². The second kappa shape index (κ2) is 10.5. The van der Waals surface area contributed by atoms with E-state index in [9.17, 15) is 4.79 Å². The lowest BCUT2D eigenvalue weighted by molar-refractivity contribution is -0.142. The largest absolute Gasteiger partial charge is 0.497 e. The highest BCUT2D eigenvalue weighted by atomic mass is 16.5.